The first-order valence-corrected chi connectivity index (χ1v) is 9.08. The van der Waals surface area contributed by atoms with Crippen LogP contribution in [0.1, 0.15) is 11.1 Å². The lowest BCUT2D eigenvalue weighted by Crippen LogP contribution is -2.39. The smallest absolute Gasteiger partial charge is 0.213 e. The summed E-state index contributed by atoms with van der Waals surface area (Å²) in [5.74, 6) is 1.59. The molecule has 0 unspecified atom stereocenters. The van der Waals surface area contributed by atoms with Gasteiger partial charge in [0.15, 0.2) is 12.7 Å². The second-order valence-electron chi connectivity index (χ2n) is 6.73. The van der Waals surface area contributed by atoms with Gasteiger partial charge in [0, 0.05) is 23.8 Å². The summed E-state index contributed by atoms with van der Waals surface area (Å²) in [5, 5.41) is 1.24. The standard InChI is InChI=1S/C23H27N2O2/c1-24(2)15-16-25-14-13-18(21-7-5-6-8-22(21)25)9-10-19-11-12-20(26-3)17-23(19)27-4/h5-14,17H,15-16H2,1-4H3/q+1. The number of nitrogens with zero attached hydrogens (tertiary/aromatic N) is 2. The number of rotatable bonds is 7. The Morgan fingerprint density at radius 3 is 2.44 bits per heavy atom. The van der Waals surface area contributed by atoms with E-state index in [1.54, 1.807) is 14.2 Å². The van der Waals surface area contributed by atoms with E-state index >= 15 is 0 Å². The molecule has 0 aliphatic heterocycles. The van der Waals surface area contributed by atoms with Crippen molar-refractivity contribution in [1.82, 2.24) is 4.90 Å². The zero-order valence-electron chi connectivity index (χ0n) is 16.5. The molecule has 0 amide bonds. The number of pyridine rings is 1. The highest BCUT2D eigenvalue weighted by Crippen LogP contribution is 2.27. The van der Waals surface area contributed by atoms with Gasteiger partial charge in [-0.15, -0.1) is 0 Å². The van der Waals surface area contributed by atoms with Gasteiger partial charge in [-0.25, -0.2) is 0 Å². The van der Waals surface area contributed by atoms with E-state index in [0.717, 1.165) is 30.2 Å². The van der Waals surface area contributed by atoms with Gasteiger partial charge in [0.05, 0.1) is 26.2 Å². The fourth-order valence-corrected chi connectivity index (χ4v) is 3.09. The quantitative estimate of drug-likeness (QED) is 0.596. The second kappa shape index (κ2) is 8.69. The van der Waals surface area contributed by atoms with Crippen LogP contribution < -0.4 is 14.0 Å². The number of benzene rings is 2. The van der Waals surface area contributed by atoms with Crippen molar-refractivity contribution in [2.75, 3.05) is 34.9 Å². The van der Waals surface area contributed by atoms with Gasteiger partial charge in [-0.2, -0.15) is 4.57 Å². The predicted molar refractivity (Wildman–Crippen MR) is 111 cm³/mol. The maximum Gasteiger partial charge on any atom is 0.213 e. The van der Waals surface area contributed by atoms with Gasteiger partial charge in [-0.05, 0) is 37.9 Å². The van der Waals surface area contributed by atoms with Gasteiger partial charge >= 0.3 is 0 Å². The first kappa shape index (κ1) is 18.9. The molecule has 0 atom stereocenters. The molecule has 3 rings (SSSR count). The van der Waals surface area contributed by atoms with Crippen molar-refractivity contribution in [2.24, 2.45) is 0 Å². The minimum atomic E-state index is 0.788. The maximum atomic E-state index is 5.50. The number of likely N-dealkylation sites (N-methyl/N-ethyl adjacent to an activating group) is 1. The van der Waals surface area contributed by atoms with E-state index in [-0.39, 0.29) is 0 Å². The lowest BCUT2D eigenvalue weighted by atomic mass is 10.1. The molecule has 0 fully saturated rings. The van der Waals surface area contributed by atoms with E-state index in [4.69, 9.17) is 9.47 Å². The van der Waals surface area contributed by atoms with Crippen LogP contribution in [0.15, 0.2) is 54.7 Å². The summed E-state index contributed by atoms with van der Waals surface area (Å²) in [4.78, 5) is 2.20. The summed E-state index contributed by atoms with van der Waals surface area (Å²) in [7, 11) is 7.54. The van der Waals surface area contributed by atoms with Gasteiger partial charge < -0.3 is 14.4 Å². The lowest BCUT2D eigenvalue weighted by molar-refractivity contribution is -0.670. The fraction of sp³-hybridized carbons (Fsp3) is 0.261. The van der Waals surface area contributed by atoms with Crippen LogP contribution in [0.25, 0.3) is 23.1 Å². The van der Waals surface area contributed by atoms with Crippen molar-refractivity contribution in [2.45, 2.75) is 6.54 Å². The monoisotopic (exact) mass is 363 g/mol. The first-order chi connectivity index (χ1) is 13.1. The molecule has 3 aromatic rings. The Morgan fingerprint density at radius 1 is 0.926 bits per heavy atom. The van der Waals surface area contributed by atoms with Crippen molar-refractivity contribution in [3.8, 4) is 11.5 Å². The molecule has 0 saturated carbocycles. The van der Waals surface area contributed by atoms with Gasteiger partial charge in [0.1, 0.15) is 11.5 Å². The largest absolute Gasteiger partial charge is 0.497 e. The lowest BCUT2D eigenvalue weighted by Gasteiger charge is -2.09. The van der Waals surface area contributed by atoms with Crippen LogP contribution in [0.5, 0.6) is 11.5 Å². The van der Waals surface area contributed by atoms with Crippen LogP contribution >= 0.6 is 0 Å². The Kier molecular flexibility index (Phi) is 6.09. The van der Waals surface area contributed by atoms with Gasteiger partial charge in [-0.3, -0.25) is 0 Å². The highest BCUT2D eigenvalue weighted by atomic mass is 16.5. The summed E-state index contributed by atoms with van der Waals surface area (Å²) < 4.78 is 13.1. The first-order valence-electron chi connectivity index (χ1n) is 9.08. The molecule has 4 heteroatoms. The summed E-state index contributed by atoms with van der Waals surface area (Å²) >= 11 is 0. The molecule has 0 N–H and O–H groups in total. The molecule has 0 radical (unpaired) electrons. The van der Waals surface area contributed by atoms with Gasteiger partial charge in [0.25, 0.3) is 0 Å². The molecule has 27 heavy (non-hydrogen) atoms. The third-order valence-corrected chi connectivity index (χ3v) is 4.63. The zero-order chi connectivity index (χ0) is 19.2. The normalized spacial score (nSPS) is 11.4. The van der Waals surface area contributed by atoms with Crippen LogP contribution in [0.2, 0.25) is 0 Å². The molecular weight excluding hydrogens is 336 g/mol. The molecule has 0 aliphatic rings. The summed E-state index contributed by atoms with van der Waals surface area (Å²) in [6, 6.07) is 16.6. The van der Waals surface area contributed by atoms with E-state index in [1.807, 2.05) is 18.2 Å². The number of para-hydroxylation sites is 1. The molecule has 1 aromatic heterocycles. The Hall–Kier alpha value is -2.85. The SMILES string of the molecule is COc1ccc(C=Cc2cc[n+](CCN(C)C)c3ccccc23)c(OC)c1. The molecule has 1 heterocycles. The van der Waals surface area contributed by atoms with Crippen molar-refractivity contribution in [3.05, 3.63) is 65.9 Å². The number of aromatic nitrogens is 1. The summed E-state index contributed by atoms with van der Waals surface area (Å²) in [5.41, 5.74) is 3.44. The molecule has 0 aliphatic carbocycles. The minimum Gasteiger partial charge on any atom is -0.497 e. The Bertz CT molecular complexity index is 948. The van der Waals surface area contributed by atoms with Crippen molar-refractivity contribution < 1.29 is 14.0 Å². The van der Waals surface area contributed by atoms with E-state index in [1.165, 1.54) is 16.5 Å². The average molecular weight is 363 g/mol. The second-order valence-corrected chi connectivity index (χ2v) is 6.73. The summed E-state index contributed by atoms with van der Waals surface area (Å²) in [6.07, 6.45) is 6.39. The number of hydrogen-bond donors (Lipinski definition) is 0. The topological polar surface area (TPSA) is 25.6 Å². The zero-order valence-corrected chi connectivity index (χ0v) is 16.5. The van der Waals surface area contributed by atoms with Crippen molar-refractivity contribution in [3.63, 3.8) is 0 Å². The Balaban J connectivity index is 1.96. The average Bonchev–Trinajstić information content (AvgIpc) is 2.70. The molecule has 4 nitrogen and oxygen atoms in total. The van der Waals surface area contributed by atoms with E-state index in [9.17, 15) is 0 Å². The van der Waals surface area contributed by atoms with E-state index < -0.39 is 0 Å². The molecule has 0 saturated heterocycles. The van der Waals surface area contributed by atoms with Crippen LogP contribution in [0.3, 0.4) is 0 Å². The Labute approximate surface area is 161 Å². The Morgan fingerprint density at radius 2 is 1.70 bits per heavy atom. The molecule has 0 spiro atoms. The van der Waals surface area contributed by atoms with E-state index in [0.29, 0.717) is 0 Å². The maximum absolute atomic E-state index is 5.50. The fourth-order valence-electron chi connectivity index (χ4n) is 3.09. The predicted octanol–water partition coefficient (Wildman–Crippen LogP) is 3.88. The third-order valence-electron chi connectivity index (χ3n) is 4.63. The van der Waals surface area contributed by atoms with Crippen LogP contribution in [0.4, 0.5) is 0 Å². The highest BCUT2D eigenvalue weighted by Gasteiger charge is 2.11. The highest BCUT2D eigenvalue weighted by molar-refractivity contribution is 5.89. The van der Waals surface area contributed by atoms with Crippen molar-refractivity contribution >= 4 is 23.1 Å². The minimum absolute atomic E-state index is 0.788. The van der Waals surface area contributed by atoms with Crippen LogP contribution in [-0.4, -0.2) is 39.8 Å². The van der Waals surface area contributed by atoms with E-state index in [2.05, 4.69) is 72.2 Å². The van der Waals surface area contributed by atoms with Crippen LogP contribution in [0, 0.1) is 0 Å². The molecule has 2 aromatic carbocycles. The van der Waals surface area contributed by atoms with Crippen molar-refractivity contribution in [1.29, 1.82) is 0 Å². The molecular formula is C23H27N2O2+. The third kappa shape index (κ3) is 4.47. The van der Waals surface area contributed by atoms with Gasteiger partial charge in [-0.1, -0.05) is 24.3 Å². The number of hydrogen-bond acceptors (Lipinski definition) is 3. The summed E-state index contributed by atoms with van der Waals surface area (Å²) in [6.45, 7) is 1.97. The number of ether oxygens (including phenoxy) is 2. The number of fused-ring (bicyclic) bond motifs is 1. The molecule has 0 bridgehead atoms. The molecule has 140 valence electrons. The van der Waals surface area contributed by atoms with Gasteiger partial charge in [0.2, 0.25) is 5.52 Å². The van der Waals surface area contributed by atoms with Crippen LogP contribution in [-0.2, 0) is 6.54 Å². The number of methoxy groups -OCH3 is 2.